The van der Waals surface area contributed by atoms with Gasteiger partial charge < -0.3 is 14.2 Å². The fourth-order valence-corrected chi connectivity index (χ4v) is 8.75. The molecule has 0 saturated heterocycles. The SMILES string of the molecule is CC/C=C\C/C=C\C/C=C\C/C=C\CCCCCCC(=O)OC[C@H](COC(=O)CCC/C=C\C/C=C\C/C=C\CCCCCCCC)OC(=O)CCCCCCCCCCCCCCCCCCCCCCC. The van der Waals surface area contributed by atoms with Crippen LogP contribution >= 0.6 is 0 Å². The van der Waals surface area contributed by atoms with Crippen LogP contribution in [0.15, 0.2) is 85.1 Å². The Hall–Kier alpha value is -3.41. The number of ether oxygens (including phenoxy) is 3. The average molecular weight is 1020 g/mol. The molecule has 0 aliphatic heterocycles. The summed E-state index contributed by atoms with van der Waals surface area (Å²) in [4.78, 5) is 38.3. The fourth-order valence-electron chi connectivity index (χ4n) is 8.75. The van der Waals surface area contributed by atoms with Gasteiger partial charge in [0.15, 0.2) is 6.10 Å². The third-order valence-corrected chi connectivity index (χ3v) is 13.4. The van der Waals surface area contributed by atoms with Gasteiger partial charge in [-0.2, -0.15) is 0 Å². The minimum atomic E-state index is -0.807. The summed E-state index contributed by atoms with van der Waals surface area (Å²) in [5.74, 6) is -0.966. The molecule has 0 bridgehead atoms. The molecule has 0 heterocycles. The summed E-state index contributed by atoms with van der Waals surface area (Å²) >= 11 is 0. The highest BCUT2D eigenvalue weighted by Crippen LogP contribution is 2.17. The molecule has 0 unspecified atom stereocenters. The predicted octanol–water partition coefficient (Wildman–Crippen LogP) is 21.1. The quantitative estimate of drug-likeness (QED) is 0.0261. The second-order valence-electron chi connectivity index (χ2n) is 20.6. The number of allylic oxidation sites excluding steroid dienone is 14. The van der Waals surface area contributed by atoms with Gasteiger partial charge in [-0.15, -0.1) is 0 Å². The molecule has 6 heteroatoms. The Morgan fingerprint density at radius 2 is 0.548 bits per heavy atom. The van der Waals surface area contributed by atoms with Crippen LogP contribution in [-0.4, -0.2) is 37.2 Å². The van der Waals surface area contributed by atoms with Gasteiger partial charge in [-0.1, -0.05) is 279 Å². The Morgan fingerprint density at radius 3 is 0.890 bits per heavy atom. The zero-order chi connectivity index (χ0) is 52.9. The van der Waals surface area contributed by atoms with Crippen LogP contribution in [0.1, 0.15) is 303 Å². The molecule has 73 heavy (non-hydrogen) atoms. The zero-order valence-corrected chi connectivity index (χ0v) is 48.1. The second-order valence-corrected chi connectivity index (χ2v) is 20.6. The van der Waals surface area contributed by atoms with Crippen molar-refractivity contribution in [3.05, 3.63) is 85.1 Å². The number of hydrogen-bond acceptors (Lipinski definition) is 6. The molecule has 0 aliphatic rings. The molecule has 0 fully saturated rings. The van der Waals surface area contributed by atoms with E-state index in [1.165, 1.54) is 161 Å². The Bertz CT molecular complexity index is 1400. The summed E-state index contributed by atoms with van der Waals surface area (Å²) in [6.07, 6.45) is 80.2. The lowest BCUT2D eigenvalue weighted by Gasteiger charge is -2.18. The van der Waals surface area contributed by atoms with Crippen LogP contribution in [0.5, 0.6) is 0 Å². The number of unbranched alkanes of at least 4 members (excludes halogenated alkanes) is 31. The van der Waals surface area contributed by atoms with Crippen LogP contribution in [-0.2, 0) is 28.6 Å². The number of carbonyl (C=O) groups is 3. The van der Waals surface area contributed by atoms with Gasteiger partial charge in [-0.3, -0.25) is 14.4 Å². The Kier molecular flexibility index (Phi) is 58.3. The van der Waals surface area contributed by atoms with Gasteiger partial charge >= 0.3 is 17.9 Å². The molecule has 0 amide bonds. The molecular formula is C67H116O6. The van der Waals surface area contributed by atoms with Gasteiger partial charge in [0.05, 0.1) is 0 Å². The summed E-state index contributed by atoms with van der Waals surface area (Å²) in [5, 5.41) is 0. The summed E-state index contributed by atoms with van der Waals surface area (Å²) in [5.41, 5.74) is 0. The maximum atomic E-state index is 12.9. The molecule has 0 saturated carbocycles. The molecule has 1 atom stereocenters. The van der Waals surface area contributed by atoms with Gasteiger partial charge in [0, 0.05) is 19.3 Å². The van der Waals surface area contributed by atoms with E-state index >= 15 is 0 Å². The van der Waals surface area contributed by atoms with Crippen LogP contribution in [0, 0.1) is 0 Å². The van der Waals surface area contributed by atoms with Crippen molar-refractivity contribution < 1.29 is 28.6 Å². The molecule has 0 aromatic rings. The van der Waals surface area contributed by atoms with E-state index in [9.17, 15) is 14.4 Å². The van der Waals surface area contributed by atoms with Crippen LogP contribution in [0.25, 0.3) is 0 Å². The van der Waals surface area contributed by atoms with Crippen molar-refractivity contribution in [2.75, 3.05) is 13.2 Å². The molecule has 420 valence electrons. The van der Waals surface area contributed by atoms with E-state index in [2.05, 4.69) is 106 Å². The minimum absolute atomic E-state index is 0.103. The van der Waals surface area contributed by atoms with Crippen molar-refractivity contribution in [2.24, 2.45) is 0 Å². The molecule has 0 rings (SSSR count). The molecular weight excluding hydrogens is 901 g/mol. The maximum Gasteiger partial charge on any atom is 0.306 e. The highest BCUT2D eigenvalue weighted by Gasteiger charge is 2.19. The van der Waals surface area contributed by atoms with Crippen molar-refractivity contribution in [2.45, 2.75) is 309 Å². The van der Waals surface area contributed by atoms with Gasteiger partial charge in [0.25, 0.3) is 0 Å². The third-order valence-electron chi connectivity index (χ3n) is 13.4. The maximum absolute atomic E-state index is 12.9. The third kappa shape index (κ3) is 59.3. The number of rotatable bonds is 56. The van der Waals surface area contributed by atoms with Crippen molar-refractivity contribution >= 4 is 17.9 Å². The molecule has 0 N–H and O–H groups in total. The lowest BCUT2D eigenvalue weighted by atomic mass is 10.0. The van der Waals surface area contributed by atoms with Crippen LogP contribution < -0.4 is 0 Å². The van der Waals surface area contributed by atoms with Crippen LogP contribution in [0.2, 0.25) is 0 Å². The van der Waals surface area contributed by atoms with E-state index in [0.717, 1.165) is 96.3 Å². The van der Waals surface area contributed by atoms with Gasteiger partial charge in [0.1, 0.15) is 13.2 Å². The lowest BCUT2D eigenvalue weighted by Crippen LogP contribution is -2.30. The first-order valence-electron chi connectivity index (χ1n) is 31.1. The number of hydrogen-bond donors (Lipinski definition) is 0. The fraction of sp³-hybridized carbons (Fsp3) is 0.746. The van der Waals surface area contributed by atoms with Crippen molar-refractivity contribution in [1.29, 1.82) is 0 Å². The first-order chi connectivity index (χ1) is 36.0. The van der Waals surface area contributed by atoms with E-state index in [4.69, 9.17) is 14.2 Å². The van der Waals surface area contributed by atoms with E-state index < -0.39 is 6.10 Å². The van der Waals surface area contributed by atoms with E-state index in [-0.39, 0.29) is 37.5 Å². The van der Waals surface area contributed by atoms with E-state index in [0.29, 0.717) is 19.3 Å². The Morgan fingerprint density at radius 1 is 0.288 bits per heavy atom. The Balaban J connectivity index is 4.45. The van der Waals surface area contributed by atoms with Crippen LogP contribution in [0.3, 0.4) is 0 Å². The molecule has 0 radical (unpaired) electrons. The smallest absolute Gasteiger partial charge is 0.306 e. The molecule has 0 spiro atoms. The lowest BCUT2D eigenvalue weighted by molar-refractivity contribution is -0.167. The van der Waals surface area contributed by atoms with Crippen LogP contribution in [0.4, 0.5) is 0 Å². The van der Waals surface area contributed by atoms with Crippen molar-refractivity contribution in [3.63, 3.8) is 0 Å². The standard InChI is InChI=1S/C67H116O6/c1-4-7-10-13-16-19-22-25-28-31-32-33-34-37-40-43-46-49-52-55-58-61-67(70)73-64(62-71-65(68)59-56-53-50-47-44-41-38-35-29-26-23-20-17-14-11-8-5-2)63-72-66(69)60-57-54-51-48-45-42-39-36-30-27-24-21-18-15-12-9-6-3/h8,11,17,20,26-27,29-30,38-39,41-42,48,51,64H,4-7,9-10,12-16,18-19,21-25,28,31-37,40,43-47,49-50,52-63H2,1-3H3/b11-8-,20-17-,29-26-,30-27-,41-38-,42-39-,51-48-/t64-/m1/s1. The summed E-state index contributed by atoms with van der Waals surface area (Å²) in [6, 6.07) is 0. The number of carbonyl (C=O) groups excluding carboxylic acids is 3. The monoisotopic (exact) mass is 1020 g/mol. The first kappa shape index (κ1) is 69.6. The summed E-state index contributed by atoms with van der Waals surface area (Å²) < 4.78 is 16.9. The Labute approximate surface area is 452 Å². The minimum Gasteiger partial charge on any atom is -0.462 e. The van der Waals surface area contributed by atoms with Gasteiger partial charge in [-0.25, -0.2) is 0 Å². The van der Waals surface area contributed by atoms with E-state index in [1.807, 2.05) is 0 Å². The zero-order valence-electron chi connectivity index (χ0n) is 48.1. The molecule has 0 aliphatic carbocycles. The highest BCUT2D eigenvalue weighted by molar-refractivity contribution is 5.71. The first-order valence-corrected chi connectivity index (χ1v) is 31.1. The van der Waals surface area contributed by atoms with Gasteiger partial charge in [0.2, 0.25) is 0 Å². The summed E-state index contributed by atoms with van der Waals surface area (Å²) in [6.45, 7) is 6.49. The summed E-state index contributed by atoms with van der Waals surface area (Å²) in [7, 11) is 0. The largest absolute Gasteiger partial charge is 0.462 e. The van der Waals surface area contributed by atoms with E-state index in [1.54, 1.807) is 0 Å². The van der Waals surface area contributed by atoms with Crippen molar-refractivity contribution in [1.82, 2.24) is 0 Å². The highest BCUT2D eigenvalue weighted by atomic mass is 16.6. The molecule has 6 nitrogen and oxygen atoms in total. The normalized spacial score (nSPS) is 12.6. The molecule has 0 aromatic heterocycles. The average Bonchev–Trinajstić information content (AvgIpc) is 3.39. The predicted molar refractivity (Wildman–Crippen MR) is 316 cm³/mol. The van der Waals surface area contributed by atoms with Crippen molar-refractivity contribution in [3.8, 4) is 0 Å². The number of esters is 3. The van der Waals surface area contributed by atoms with Gasteiger partial charge in [-0.05, 0) is 89.9 Å². The molecule has 0 aromatic carbocycles. The second kappa shape index (κ2) is 61.1. The topological polar surface area (TPSA) is 78.9 Å².